The lowest BCUT2D eigenvalue weighted by atomic mass is 9.85. The van der Waals surface area contributed by atoms with Gasteiger partial charge in [0.1, 0.15) is 12.1 Å². The van der Waals surface area contributed by atoms with Crippen LogP contribution in [0.1, 0.15) is 57.8 Å². The standard InChI is InChI=1S/C32H49N5O7S/c1-21(23-6-8-24(9-7-23)28-22(2)34-20-45-28)35-30(40)26-18-25(38)19-37(26)31(41)29(32(3,4)5)36-27(39)10-12-42-14-16-44-17-15-43-13-11-33/h6-9,20-21,25-26,29,38H,10-19,33H2,1-5H3,(H,35,40)(H,36,39)/t21?,25-,26+,29?/m1/s1. The van der Waals surface area contributed by atoms with Crippen LogP contribution in [0.4, 0.5) is 0 Å². The maximum Gasteiger partial charge on any atom is 0.246 e. The number of nitrogens with two attached hydrogens (primary N) is 1. The Morgan fingerprint density at radius 3 is 2.24 bits per heavy atom. The molecule has 3 rings (SSSR count). The van der Waals surface area contributed by atoms with Gasteiger partial charge in [0.15, 0.2) is 0 Å². The maximum absolute atomic E-state index is 13.8. The molecule has 2 aromatic rings. The molecule has 3 amide bonds. The van der Waals surface area contributed by atoms with Gasteiger partial charge in [-0.2, -0.15) is 0 Å². The second-order valence-corrected chi connectivity index (χ2v) is 13.1. The quantitative estimate of drug-likeness (QED) is 0.188. The van der Waals surface area contributed by atoms with Crippen LogP contribution in [0, 0.1) is 12.3 Å². The average Bonchev–Trinajstić information content (AvgIpc) is 3.61. The summed E-state index contributed by atoms with van der Waals surface area (Å²) in [5.74, 6) is -1.10. The second kappa shape index (κ2) is 17.7. The first-order valence-electron chi connectivity index (χ1n) is 15.4. The number of rotatable bonds is 17. The fraction of sp³-hybridized carbons (Fsp3) is 0.625. The number of likely N-dealkylation sites (tertiary alicyclic amines) is 1. The van der Waals surface area contributed by atoms with E-state index in [2.05, 4.69) is 15.6 Å². The summed E-state index contributed by atoms with van der Waals surface area (Å²) in [6.07, 6.45) is -0.667. The summed E-state index contributed by atoms with van der Waals surface area (Å²) in [5, 5.41) is 16.3. The zero-order chi connectivity index (χ0) is 33.0. The maximum atomic E-state index is 13.8. The third-order valence-electron chi connectivity index (χ3n) is 7.54. The van der Waals surface area contributed by atoms with Crippen molar-refractivity contribution in [3.63, 3.8) is 0 Å². The number of carbonyl (C=O) groups is 3. The van der Waals surface area contributed by atoms with E-state index in [1.165, 1.54) is 4.90 Å². The lowest BCUT2D eigenvalue weighted by Gasteiger charge is -2.35. The summed E-state index contributed by atoms with van der Waals surface area (Å²) in [5.41, 5.74) is 9.47. The molecule has 1 aromatic heterocycles. The molecule has 1 aliphatic heterocycles. The van der Waals surface area contributed by atoms with Crippen molar-refractivity contribution in [1.29, 1.82) is 0 Å². The van der Waals surface area contributed by atoms with Crippen LogP contribution in [0.2, 0.25) is 0 Å². The summed E-state index contributed by atoms with van der Waals surface area (Å²) >= 11 is 1.58. The SMILES string of the molecule is Cc1ncsc1-c1ccc(C(C)NC(=O)[C@@H]2C[C@@H](O)CN2C(=O)C(NC(=O)CCOCCOCCOCCN)C(C)(C)C)cc1. The minimum Gasteiger partial charge on any atom is -0.391 e. The number of aliphatic hydroxyl groups excluding tert-OH is 1. The Kier molecular flexibility index (Phi) is 14.3. The number of hydrogen-bond acceptors (Lipinski definition) is 10. The number of β-amino-alcohol motifs (C(OH)–C–C–N with tert-alkyl or cyclic N) is 1. The monoisotopic (exact) mass is 647 g/mol. The molecule has 2 heterocycles. The van der Waals surface area contributed by atoms with E-state index in [4.69, 9.17) is 19.9 Å². The number of aryl methyl sites for hydroxylation is 1. The normalized spacial score (nSPS) is 18.1. The number of aromatic nitrogens is 1. The molecule has 13 heteroatoms. The Morgan fingerprint density at radius 1 is 1.04 bits per heavy atom. The molecule has 12 nitrogen and oxygen atoms in total. The molecule has 0 radical (unpaired) electrons. The summed E-state index contributed by atoms with van der Waals surface area (Å²) in [4.78, 5) is 46.9. The van der Waals surface area contributed by atoms with Crippen LogP contribution in [0.3, 0.4) is 0 Å². The number of ether oxygens (including phenoxy) is 3. The minimum atomic E-state index is -0.900. The zero-order valence-electron chi connectivity index (χ0n) is 27.0. The third kappa shape index (κ3) is 11.1. The summed E-state index contributed by atoms with van der Waals surface area (Å²) in [6.45, 7) is 12.1. The van der Waals surface area contributed by atoms with E-state index in [-0.39, 0.29) is 43.8 Å². The van der Waals surface area contributed by atoms with Gasteiger partial charge in [-0.15, -0.1) is 11.3 Å². The highest BCUT2D eigenvalue weighted by atomic mass is 32.1. The number of nitrogens with one attached hydrogen (secondary N) is 2. The summed E-state index contributed by atoms with van der Waals surface area (Å²) in [6, 6.07) is 5.86. The van der Waals surface area contributed by atoms with Gasteiger partial charge in [-0.3, -0.25) is 14.4 Å². The van der Waals surface area contributed by atoms with Crippen molar-refractivity contribution in [3.8, 4) is 10.4 Å². The van der Waals surface area contributed by atoms with Crippen LogP contribution in [0.5, 0.6) is 0 Å². The Morgan fingerprint density at radius 2 is 1.67 bits per heavy atom. The highest BCUT2D eigenvalue weighted by molar-refractivity contribution is 7.13. The van der Waals surface area contributed by atoms with E-state index < -0.39 is 29.5 Å². The summed E-state index contributed by atoms with van der Waals surface area (Å²) < 4.78 is 16.1. The van der Waals surface area contributed by atoms with Crippen LogP contribution < -0.4 is 16.4 Å². The van der Waals surface area contributed by atoms with E-state index in [0.29, 0.717) is 39.6 Å². The van der Waals surface area contributed by atoms with Crippen molar-refractivity contribution in [2.24, 2.45) is 11.1 Å². The molecular formula is C32H49N5O7S. The van der Waals surface area contributed by atoms with Crippen molar-refractivity contribution in [2.75, 3.05) is 52.7 Å². The Labute approximate surface area is 270 Å². The van der Waals surface area contributed by atoms with Crippen LogP contribution in [-0.4, -0.2) is 104 Å². The molecular weight excluding hydrogens is 598 g/mol. The number of aliphatic hydroxyl groups is 1. The first-order chi connectivity index (χ1) is 21.4. The topological polar surface area (TPSA) is 165 Å². The molecule has 4 atom stereocenters. The molecule has 2 unspecified atom stereocenters. The Bertz CT molecular complexity index is 1230. The van der Waals surface area contributed by atoms with Crippen molar-refractivity contribution in [1.82, 2.24) is 20.5 Å². The van der Waals surface area contributed by atoms with Crippen molar-refractivity contribution >= 4 is 29.1 Å². The number of thiazole rings is 1. The van der Waals surface area contributed by atoms with E-state index in [1.54, 1.807) is 11.3 Å². The number of amides is 3. The summed E-state index contributed by atoms with van der Waals surface area (Å²) in [7, 11) is 0. The van der Waals surface area contributed by atoms with Crippen LogP contribution in [-0.2, 0) is 28.6 Å². The molecule has 1 fully saturated rings. The molecule has 1 aliphatic rings. The number of benzene rings is 1. The van der Waals surface area contributed by atoms with Gasteiger partial charge in [0.05, 0.1) is 67.9 Å². The molecule has 1 saturated heterocycles. The lowest BCUT2D eigenvalue weighted by molar-refractivity contribution is -0.144. The zero-order valence-corrected chi connectivity index (χ0v) is 27.9. The minimum absolute atomic E-state index is 0.0109. The van der Waals surface area contributed by atoms with E-state index in [1.807, 2.05) is 64.4 Å². The molecule has 45 heavy (non-hydrogen) atoms. The third-order valence-corrected chi connectivity index (χ3v) is 8.52. The lowest BCUT2D eigenvalue weighted by Crippen LogP contribution is -2.58. The number of nitrogens with zero attached hydrogens (tertiary/aromatic N) is 2. The first-order valence-corrected chi connectivity index (χ1v) is 16.3. The van der Waals surface area contributed by atoms with E-state index >= 15 is 0 Å². The fourth-order valence-corrected chi connectivity index (χ4v) is 5.85. The number of hydrogen-bond donors (Lipinski definition) is 4. The van der Waals surface area contributed by atoms with E-state index in [9.17, 15) is 19.5 Å². The molecule has 0 saturated carbocycles. The van der Waals surface area contributed by atoms with Crippen molar-refractivity contribution < 1.29 is 33.7 Å². The van der Waals surface area contributed by atoms with Gasteiger partial charge in [0.2, 0.25) is 17.7 Å². The molecule has 1 aromatic carbocycles. The highest BCUT2D eigenvalue weighted by Gasteiger charge is 2.44. The van der Waals surface area contributed by atoms with Gasteiger partial charge >= 0.3 is 0 Å². The molecule has 250 valence electrons. The smallest absolute Gasteiger partial charge is 0.246 e. The van der Waals surface area contributed by atoms with Crippen molar-refractivity contribution in [3.05, 3.63) is 41.0 Å². The highest BCUT2D eigenvalue weighted by Crippen LogP contribution is 2.29. The predicted octanol–water partition coefficient (Wildman–Crippen LogP) is 2.19. The first kappa shape index (κ1) is 36.5. The predicted molar refractivity (Wildman–Crippen MR) is 172 cm³/mol. The van der Waals surface area contributed by atoms with Gasteiger partial charge in [0.25, 0.3) is 0 Å². The van der Waals surface area contributed by atoms with Crippen LogP contribution >= 0.6 is 11.3 Å². The van der Waals surface area contributed by atoms with Crippen molar-refractivity contribution in [2.45, 2.75) is 71.7 Å². The Balaban J connectivity index is 1.53. The molecule has 5 N–H and O–H groups in total. The van der Waals surface area contributed by atoms with Gasteiger partial charge in [0, 0.05) is 25.9 Å². The van der Waals surface area contributed by atoms with Gasteiger partial charge in [-0.05, 0) is 30.4 Å². The molecule has 0 spiro atoms. The molecule has 0 bridgehead atoms. The largest absolute Gasteiger partial charge is 0.391 e. The Hall–Kier alpha value is -2.94. The van der Waals surface area contributed by atoms with E-state index in [0.717, 1.165) is 21.7 Å². The fourth-order valence-electron chi connectivity index (χ4n) is 5.04. The van der Waals surface area contributed by atoms with Gasteiger partial charge < -0.3 is 40.6 Å². The molecule has 0 aliphatic carbocycles. The van der Waals surface area contributed by atoms with Crippen LogP contribution in [0.25, 0.3) is 10.4 Å². The van der Waals surface area contributed by atoms with Gasteiger partial charge in [-0.1, -0.05) is 45.0 Å². The number of carbonyl (C=O) groups excluding carboxylic acids is 3. The van der Waals surface area contributed by atoms with Crippen LogP contribution in [0.15, 0.2) is 29.8 Å². The second-order valence-electron chi connectivity index (χ2n) is 12.3. The van der Waals surface area contributed by atoms with Gasteiger partial charge in [-0.25, -0.2) is 4.98 Å². The average molecular weight is 648 g/mol.